The lowest BCUT2D eigenvalue weighted by Gasteiger charge is -2.14. The van der Waals surface area contributed by atoms with E-state index in [0.29, 0.717) is 5.56 Å². The molecule has 0 saturated carbocycles. The van der Waals surface area contributed by atoms with Gasteiger partial charge in [0.15, 0.2) is 0 Å². The molecule has 2 aromatic rings. The van der Waals surface area contributed by atoms with Crippen molar-refractivity contribution in [3.8, 4) is 0 Å². The van der Waals surface area contributed by atoms with Crippen LogP contribution in [0, 0.1) is 10.1 Å². The molecule has 0 unspecified atom stereocenters. The summed E-state index contributed by atoms with van der Waals surface area (Å²) in [7, 11) is -3.74. The highest BCUT2D eigenvalue weighted by Gasteiger charge is 2.20. The third-order valence-corrected chi connectivity index (χ3v) is 5.26. The molecule has 0 spiro atoms. The van der Waals surface area contributed by atoms with Crippen LogP contribution in [0.3, 0.4) is 0 Å². The molecular weight excluding hydrogens is 372 g/mol. The topological polar surface area (TPSA) is 116 Å². The van der Waals surface area contributed by atoms with Crippen molar-refractivity contribution in [1.82, 2.24) is 4.72 Å². The quantitative estimate of drug-likeness (QED) is 0.439. The first-order chi connectivity index (χ1) is 12.6. The standard InChI is InChI=1S/C18H20N2O6S/c1-12(2)19-27(24,25)17-9-5-7-15(11-17)18(21)26-13(3)14-6-4-8-16(10-14)20(22)23/h4-13,19H,1-3H3/t13-/m1/s1. The van der Waals surface area contributed by atoms with Gasteiger partial charge in [0.2, 0.25) is 10.0 Å². The van der Waals surface area contributed by atoms with Crippen LogP contribution in [0.5, 0.6) is 0 Å². The fourth-order valence-corrected chi connectivity index (χ4v) is 3.65. The minimum Gasteiger partial charge on any atom is -0.454 e. The Balaban J connectivity index is 2.20. The highest BCUT2D eigenvalue weighted by atomic mass is 32.2. The summed E-state index contributed by atoms with van der Waals surface area (Å²) < 4.78 is 32.2. The minimum atomic E-state index is -3.74. The van der Waals surface area contributed by atoms with Crippen LogP contribution in [0.1, 0.15) is 42.8 Å². The van der Waals surface area contributed by atoms with E-state index in [1.165, 1.54) is 42.5 Å². The van der Waals surface area contributed by atoms with Crippen molar-refractivity contribution >= 4 is 21.7 Å². The number of ether oxygens (including phenoxy) is 1. The molecule has 27 heavy (non-hydrogen) atoms. The van der Waals surface area contributed by atoms with Crippen molar-refractivity contribution in [2.45, 2.75) is 37.8 Å². The van der Waals surface area contributed by atoms with E-state index in [9.17, 15) is 23.3 Å². The number of nitro benzene ring substituents is 1. The van der Waals surface area contributed by atoms with E-state index in [4.69, 9.17) is 4.74 Å². The molecule has 0 aliphatic rings. The smallest absolute Gasteiger partial charge is 0.338 e. The number of esters is 1. The molecule has 1 N–H and O–H groups in total. The average molecular weight is 392 g/mol. The predicted octanol–water partition coefficient (Wildman–Crippen LogP) is 3.20. The second-order valence-electron chi connectivity index (χ2n) is 6.20. The van der Waals surface area contributed by atoms with Gasteiger partial charge in [-0.15, -0.1) is 0 Å². The van der Waals surface area contributed by atoms with Gasteiger partial charge in [-0.3, -0.25) is 10.1 Å². The van der Waals surface area contributed by atoms with Gasteiger partial charge in [0.25, 0.3) is 5.69 Å². The lowest BCUT2D eigenvalue weighted by Crippen LogP contribution is -2.30. The predicted molar refractivity (Wildman–Crippen MR) is 98.8 cm³/mol. The lowest BCUT2D eigenvalue weighted by atomic mass is 10.1. The Bertz CT molecular complexity index is 956. The zero-order valence-electron chi connectivity index (χ0n) is 15.1. The Morgan fingerprint density at radius 1 is 1.11 bits per heavy atom. The first-order valence-corrected chi connectivity index (χ1v) is 9.66. The number of nitro groups is 1. The highest BCUT2D eigenvalue weighted by Crippen LogP contribution is 2.23. The van der Waals surface area contributed by atoms with Crippen LogP contribution in [0.4, 0.5) is 5.69 Å². The number of sulfonamides is 1. The van der Waals surface area contributed by atoms with Gasteiger partial charge in [-0.05, 0) is 44.5 Å². The molecular formula is C18H20N2O6S. The lowest BCUT2D eigenvalue weighted by molar-refractivity contribution is -0.385. The number of hydrogen-bond donors (Lipinski definition) is 1. The van der Waals surface area contributed by atoms with E-state index >= 15 is 0 Å². The van der Waals surface area contributed by atoms with E-state index < -0.39 is 27.0 Å². The number of nitrogens with one attached hydrogen (secondary N) is 1. The number of rotatable bonds is 7. The van der Waals surface area contributed by atoms with E-state index in [0.717, 1.165) is 0 Å². The maximum absolute atomic E-state index is 12.4. The maximum Gasteiger partial charge on any atom is 0.338 e. The highest BCUT2D eigenvalue weighted by molar-refractivity contribution is 7.89. The van der Waals surface area contributed by atoms with Crippen LogP contribution in [0.2, 0.25) is 0 Å². The second-order valence-corrected chi connectivity index (χ2v) is 7.92. The van der Waals surface area contributed by atoms with Crippen LogP contribution in [0.25, 0.3) is 0 Å². The summed E-state index contributed by atoms with van der Waals surface area (Å²) in [6, 6.07) is 11.0. The van der Waals surface area contributed by atoms with E-state index in [1.54, 1.807) is 26.8 Å². The van der Waals surface area contributed by atoms with Crippen LogP contribution >= 0.6 is 0 Å². The zero-order chi connectivity index (χ0) is 20.2. The third kappa shape index (κ3) is 5.35. The zero-order valence-corrected chi connectivity index (χ0v) is 15.9. The molecule has 144 valence electrons. The molecule has 9 heteroatoms. The summed E-state index contributed by atoms with van der Waals surface area (Å²) in [5.74, 6) is -0.726. The molecule has 0 bridgehead atoms. The molecule has 0 aliphatic heterocycles. The summed E-state index contributed by atoms with van der Waals surface area (Å²) in [5.41, 5.74) is 0.421. The molecule has 2 aromatic carbocycles. The van der Waals surface area contributed by atoms with Crippen LogP contribution in [0.15, 0.2) is 53.4 Å². The van der Waals surface area contributed by atoms with Crippen molar-refractivity contribution in [2.75, 3.05) is 0 Å². The van der Waals surface area contributed by atoms with Crippen molar-refractivity contribution in [3.63, 3.8) is 0 Å². The maximum atomic E-state index is 12.4. The van der Waals surface area contributed by atoms with Crippen molar-refractivity contribution < 1.29 is 22.9 Å². The molecule has 0 heterocycles. The monoisotopic (exact) mass is 392 g/mol. The Morgan fingerprint density at radius 2 is 1.78 bits per heavy atom. The molecule has 8 nitrogen and oxygen atoms in total. The summed E-state index contributed by atoms with van der Waals surface area (Å²) in [4.78, 5) is 22.7. The van der Waals surface area contributed by atoms with E-state index in [1.807, 2.05) is 0 Å². The third-order valence-electron chi connectivity index (χ3n) is 3.61. The fraction of sp³-hybridized carbons (Fsp3) is 0.278. The SMILES string of the molecule is CC(C)NS(=O)(=O)c1cccc(C(=O)O[C@H](C)c2cccc([N+](=O)[O-])c2)c1. The Hall–Kier alpha value is -2.78. The summed E-state index contributed by atoms with van der Waals surface area (Å²) in [5, 5.41) is 10.9. The van der Waals surface area contributed by atoms with Gasteiger partial charge in [0, 0.05) is 18.2 Å². The van der Waals surface area contributed by atoms with Crippen LogP contribution < -0.4 is 4.72 Å². The summed E-state index contributed by atoms with van der Waals surface area (Å²) >= 11 is 0. The Labute approximate surface area is 157 Å². The van der Waals surface area contributed by atoms with E-state index in [-0.39, 0.29) is 22.2 Å². The van der Waals surface area contributed by atoms with Crippen molar-refractivity contribution in [2.24, 2.45) is 0 Å². The number of nitrogens with zero attached hydrogens (tertiary/aromatic N) is 1. The molecule has 0 radical (unpaired) electrons. The Kier molecular flexibility index (Phi) is 6.29. The molecule has 1 atom stereocenters. The van der Waals surface area contributed by atoms with Gasteiger partial charge < -0.3 is 4.74 Å². The number of carbonyl (C=O) groups excluding carboxylic acids is 1. The van der Waals surface area contributed by atoms with Gasteiger partial charge in [-0.25, -0.2) is 17.9 Å². The average Bonchev–Trinajstić information content (AvgIpc) is 2.60. The first-order valence-electron chi connectivity index (χ1n) is 8.18. The Morgan fingerprint density at radius 3 is 2.41 bits per heavy atom. The fourth-order valence-electron chi connectivity index (χ4n) is 2.36. The normalized spacial score (nSPS) is 12.6. The molecule has 0 saturated heterocycles. The van der Waals surface area contributed by atoms with Gasteiger partial charge in [-0.1, -0.05) is 18.2 Å². The van der Waals surface area contributed by atoms with Gasteiger partial charge in [0.1, 0.15) is 6.10 Å². The van der Waals surface area contributed by atoms with Crippen molar-refractivity contribution in [1.29, 1.82) is 0 Å². The first kappa shape index (κ1) is 20.5. The molecule has 2 rings (SSSR count). The van der Waals surface area contributed by atoms with Gasteiger partial charge in [0.05, 0.1) is 15.4 Å². The molecule has 0 aromatic heterocycles. The van der Waals surface area contributed by atoms with Gasteiger partial charge >= 0.3 is 5.97 Å². The molecule has 0 aliphatic carbocycles. The summed E-state index contributed by atoms with van der Waals surface area (Å²) in [6.45, 7) is 4.96. The largest absolute Gasteiger partial charge is 0.454 e. The van der Waals surface area contributed by atoms with E-state index in [2.05, 4.69) is 4.72 Å². The number of hydrogen-bond acceptors (Lipinski definition) is 6. The second kappa shape index (κ2) is 8.28. The number of carbonyl (C=O) groups is 1. The molecule has 0 fully saturated rings. The van der Waals surface area contributed by atoms with Crippen LogP contribution in [-0.2, 0) is 14.8 Å². The van der Waals surface area contributed by atoms with Crippen molar-refractivity contribution in [3.05, 3.63) is 69.8 Å². The van der Waals surface area contributed by atoms with Gasteiger partial charge in [-0.2, -0.15) is 0 Å². The molecule has 0 amide bonds. The van der Waals surface area contributed by atoms with Crippen LogP contribution in [-0.4, -0.2) is 25.4 Å². The summed E-state index contributed by atoms with van der Waals surface area (Å²) in [6.07, 6.45) is -0.744. The number of benzene rings is 2. The number of non-ortho nitro benzene ring substituents is 1. The minimum absolute atomic E-state index is 0.0475.